The number of benzene rings is 2. The molecule has 3 heteroatoms. The lowest BCUT2D eigenvalue weighted by Crippen LogP contribution is -2.05. The molecule has 2 rings (SSSR count). The van der Waals surface area contributed by atoms with Gasteiger partial charge < -0.3 is 5.43 Å². The molecule has 1 N–H and O–H groups in total. The largest absolute Gasteiger partial charge is 0.306 e. The highest BCUT2D eigenvalue weighted by Gasteiger charge is 1.95. The van der Waals surface area contributed by atoms with Crippen LogP contribution in [-0.4, -0.2) is 12.5 Å². The molecule has 0 bridgehead atoms. The Bertz CT molecular complexity index is 535. The van der Waals surface area contributed by atoms with Gasteiger partial charge in [-0.3, -0.25) is 4.79 Å². The van der Waals surface area contributed by atoms with Gasteiger partial charge in [0.1, 0.15) is 0 Å². The average Bonchev–Trinajstić information content (AvgIpc) is 2.45. The summed E-state index contributed by atoms with van der Waals surface area (Å²) in [6.07, 6.45) is 2.49. The van der Waals surface area contributed by atoms with Crippen LogP contribution >= 0.6 is 0 Å². The van der Waals surface area contributed by atoms with Crippen molar-refractivity contribution in [2.45, 2.75) is 6.54 Å². The van der Waals surface area contributed by atoms with E-state index in [1.807, 2.05) is 48.5 Å². The molecule has 90 valence electrons. The molecule has 0 aromatic heterocycles. The Morgan fingerprint density at radius 3 is 2.33 bits per heavy atom. The molecule has 0 amide bonds. The van der Waals surface area contributed by atoms with E-state index in [1.54, 1.807) is 12.3 Å². The molecule has 0 aliphatic rings. The third-order valence-electron chi connectivity index (χ3n) is 2.54. The van der Waals surface area contributed by atoms with Gasteiger partial charge in [0, 0.05) is 11.1 Å². The van der Waals surface area contributed by atoms with Gasteiger partial charge in [0.15, 0.2) is 6.29 Å². The molecule has 3 nitrogen and oxygen atoms in total. The third kappa shape index (κ3) is 3.28. The quantitative estimate of drug-likeness (QED) is 0.494. The van der Waals surface area contributed by atoms with Crippen LogP contribution in [0.5, 0.6) is 0 Å². The zero-order valence-electron chi connectivity index (χ0n) is 9.91. The molecule has 18 heavy (non-hydrogen) atoms. The Morgan fingerprint density at radius 2 is 1.61 bits per heavy atom. The van der Waals surface area contributed by atoms with E-state index in [0.717, 1.165) is 11.8 Å². The van der Waals surface area contributed by atoms with Gasteiger partial charge in [-0.05, 0) is 5.56 Å². The van der Waals surface area contributed by atoms with E-state index in [9.17, 15) is 4.79 Å². The fourth-order valence-corrected chi connectivity index (χ4v) is 1.58. The summed E-state index contributed by atoms with van der Waals surface area (Å²) in [5.74, 6) is 0. The summed E-state index contributed by atoms with van der Waals surface area (Å²) in [6, 6.07) is 17.4. The van der Waals surface area contributed by atoms with E-state index in [0.29, 0.717) is 12.1 Å². The zero-order valence-corrected chi connectivity index (χ0v) is 9.91. The Labute approximate surface area is 106 Å². The highest BCUT2D eigenvalue weighted by molar-refractivity contribution is 5.92. The summed E-state index contributed by atoms with van der Waals surface area (Å²) < 4.78 is 0. The molecular formula is C15H14N2O. The molecule has 0 aliphatic heterocycles. The molecular weight excluding hydrogens is 224 g/mol. The van der Waals surface area contributed by atoms with Crippen LogP contribution in [0.4, 0.5) is 0 Å². The van der Waals surface area contributed by atoms with Crippen molar-refractivity contribution in [3.8, 4) is 0 Å². The van der Waals surface area contributed by atoms with E-state index in [2.05, 4.69) is 10.5 Å². The second kappa shape index (κ2) is 6.35. The van der Waals surface area contributed by atoms with Crippen molar-refractivity contribution in [1.29, 1.82) is 0 Å². The van der Waals surface area contributed by atoms with Crippen LogP contribution in [0, 0.1) is 0 Å². The maximum absolute atomic E-state index is 10.8. The molecule has 0 fully saturated rings. The Hall–Kier alpha value is -2.42. The second-order valence-corrected chi connectivity index (χ2v) is 3.83. The molecule has 0 saturated heterocycles. The van der Waals surface area contributed by atoms with Crippen LogP contribution in [0.15, 0.2) is 59.7 Å². The van der Waals surface area contributed by atoms with Gasteiger partial charge in [0.05, 0.1) is 12.8 Å². The minimum Gasteiger partial charge on any atom is -0.306 e. The van der Waals surface area contributed by atoms with Crippen molar-refractivity contribution in [1.82, 2.24) is 5.43 Å². The fraction of sp³-hybridized carbons (Fsp3) is 0.0667. The van der Waals surface area contributed by atoms with Crippen LogP contribution < -0.4 is 5.43 Å². The van der Waals surface area contributed by atoms with E-state index in [1.165, 1.54) is 5.56 Å². The monoisotopic (exact) mass is 238 g/mol. The average molecular weight is 238 g/mol. The van der Waals surface area contributed by atoms with Crippen LogP contribution in [-0.2, 0) is 6.54 Å². The minimum absolute atomic E-state index is 0.641. The molecule has 0 atom stereocenters. The lowest BCUT2D eigenvalue weighted by molar-refractivity contribution is 0.112. The second-order valence-electron chi connectivity index (χ2n) is 3.83. The number of hydrogen-bond donors (Lipinski definition) is 1. The maximum atomic E-state index is 10.8. The number of hydrazone groups is 1. The third-order valence-corrected chi connectivity index (χ3v) is 2.54. The van der Waals surface area contributed by atoms with Gasteiger partial charge in [0.25, 0.3) is 0 Å². The van der Waals surface area contributed by atoms with Gasteiger partial charge in [-0.2, -0.15) is 5.10 Å². The SMILES string of the molecule is O=Cc1ccccc1/C=N\NCc1ccccc1. The first-order valence-electron chi connectivity index (χ1n) is 5.74. The van der Waals surface area contributed by atoms with Gasteiger partial charge in [0.2, 0.25) is 0 Å². The number of rotatable bonds is 5. The number of hydrogen-bond acceptors (Lipinski definition) is 3. The predicted octanol–water partition coefficient (Wildman–Crippen LogP) is 2.62. The van der Waals surface area contributed by atoms with Crippen molar-refractivity contribution >= 4 is 12.5 Å². The zero-order chi connectivity index (χ0) is 12.6. The first-order chi connectivity index (χ1) is 8.90. The van der Waals surface area contributed by atoms with Crippen molar-refractivity contribution in [2.75, 3.05) is 0 Å². The topological polar surface area (TPSA) is 41.5 Å². The molecule has 0 radical (unpaired) electrons. The number of nitrogens with zero attached hydrogens (tertiary/aromatic N) is 1. The summed E-state index contributed by atoms with van der Waals surface area (Å²) in [5, 5.41) is 4.11. The summed E-state index contributed by atoms with van der Waals surface area (Å²) in [4.78, 5) is 10.8. The number of nitrogens with one attached hydrogen (secondary N) is 1. The maximum Gasteiger partial charge on any atom is 0.150 e. The van der Waals surface area contributed by atoms with Gasteiger partial charge in [-0.25, -0.2) is 0 Å². The number of carbonyl (C=O) groups is 1. The van der Waals surface area contributed by atoms with Gasteiger partial charge in [-0.1, -0.05) is 54.6 Å². The Kier molecular flexibility index (Phi) is 4.25. The van der Waals surface area contributed by atoms with Crippen molar-refractivity contribution in [3.63, 3.8) is 0 Å². The van der Waals surface area contributed by atoms with Crippen molar-refractivity contribution in [2.24, 2.45) is 5.10 Å². The summed E-state index contributed by atoms with van der Waals surface area (Å²) in [6.45, 7) is 0.667. The highest BCUT2D eigenvalue weighted by atomic mass is 16.1. The van der Waals surface area contributed by atoms with Gasteiger partial charge >= 0.3 is 0 Å². The normalized spacial score (nSPS) is 10.4. The van der Waals surface area contributed by atoms with Crippen molar-refractivity contribution < 1.29 is 4.79 Å². The van der Waals surface area contributed by atoms with E-state index in [-0.39, 0.29) is 0 Å². The summed E-state index contributed by atoms with van der Waals surface area (Å²) in [5.41, 5.74) is 5.57. The molecule has 0 unspecified atom stereocenters. The van der Waals surface area contributed by atoms with Crippen LogP contribution in [0.2, 0.25) is 0 Å². The smallest absolute Gasteiger partial charge is 0.150 e. The van der Waals surface area contributed by atoms with Gasteiger partial charge in [-0.15, -0.1) is 0 Å². The first kappa shape index (κ1) is 12.0. The number of aldehydes is 1. The van der Waals surface area contributed by atoms with Crippen LogP contribution in [0.1, 0.15) is 21.5 Å². The molecule has 2 aromatic carbocycles. The van der Waals surface area contributed by atoms with Crippen LogP contribution in [0.25, 0.3) is 0 Å². The highest BCUT2D eigenvalue weighted by Crippen LogP contribution is 2.02. The molecule has 0 saturated carbocycles. The van der Waals surface area contributed by atoms with E-state index in [4.69, 9.17) is 0 Å². The van der Waals surface area contributed by atoms with E-state index >= 15 is 0 Å². The standard InChI is InChI=1S/C15H14N2O/c18-12-15-9-5-4-8-14(15)11-17-16-10-13-6-2-1-3-7-13/h1-9,11-12,16H,10H2/b17-11-. The Balaban J connectivity index is 1.94. The lowest BCUT2D eigenvalue weighted by atomic mass is 10.1. The fourth-order valence-electron chi connectivity index (χ4n) is 1.58. The molecule has 0 heterocycles. The molecule has 0 spiro atoms. The van der Waals surface area contributed by atoms with E-state index < -0.39 is 0 Å². The van der Waals surface area contributed by atoms with Crippen molar-refractivity contribution in [3.05, 3.63) is 71.3 Å². The number of carbonyl (C=O) groups excluding carboxylic acids is 1. The minimum atomic E-state index is 0.641. The first-order valence-corrected chi connectivity index (χ1v) is 5.74. The molecule has 0 aliphatic carbocycles. The predicted molar refractivity (Wildman–Crippen MR) is 72.7 cm³/mol. The van der Waals surface area contributed by atoms with Crippen LogP contribution in [0.3, 0.4) is 0 Å². The summed E-state index contributed by atoms with van der Waals surface area (Å²) in [7, 11) is 0. The molecule has 2 aromatic rings. The summed E-state index contributed by atoms with van der Waals surface area (Å²) >= 11 is 0. The Morgan fingerprint density at radius 1 is 0.944 bits per heavy atom. The lowest BCUT2D eigenvalue weighted by Gasteiger charge is -2.00.